The van der Waals surface area contributed by atoms with Gasteiger partial charge in [-0.25, -0.2) is 0 Å². The minimum atomic E-state index is 1.01. The van der Waals surface area contributed by atoms with Crippen molar-refractivity contribution in [2.24, 2.45) is 0 Å². The zero-order valence-corrected chi connectivity index (χ0v) is 10.5. The Morgan fingerprint density at radius 2 is 2.13 bits per heavy atom. The Labute approximate surface area is 98.8 Å². The fourth-order valence-electron chi connectivity index (χ4n) is 1.45. The molecule has 1 N–H and O–H groups in total. The second kappa shape index (κ2) is 5.45. The molecule has 0 aromatic carbocycles. The minimum Gasteiger partial charge on any atom is -0.311 e. The first kappa shape index (κ1) is 10.9. The number of nitrogens with one attached hydrogen (secondary N) is 1. The van der Waals surface area contributed by atoms with Crippen LogP contribution in [0, 0.1) is 6.92 Å². The van der Waals surface area contributed by atoms with Gasteiger partial charge in [0.1, 0.15) is 0 Å². The van der Waals surface area contributed by atoms with Gasteiger partial charge in [-0.15, -0.1) is 22.7 Å². The molecule has 0 fully saturated rings. The molecule has 80 valence electrons. The van der Waals surface area contributed by atoms with Crippen molar-refractivity contribution < 1.29 is 0 Å². The van der Waals surface area contributed by atoms with Crippen LogP contribution in [0.3, 0.4) is 0 Å². The Hall–Kier alpha value is -0.640. The van der Waals surface area contributed by atoms with Crippen molar-refractivity contribution >= 4 is 22.7 Å². The fraction of sp³-hybridized carbons (Fsp3) is 0.333. The smallest absolute Gasteiger partial charge is 0.0302 e. The number of hydrogen-bond donors (Lipinski definition) is 1. The van der Waals surface area contributed by atoms with Crippen LogP contribution in [0.5, 0.6) is 0 Å². The summed E-state index contributed by atoms with van der Waals surface area (Å²) in [5.74, 6) is 0. The van der Waals surface area contributed by atoms with Crippen LogP contribution in [0.15, 0.2) is 29.0 Å². The fourth-order valence-corrected chi connectivity index (χ4v) is 3.04. The molecule has 0 saturated heterocycles. The van der Waals surface area contributed by atoms with E-state index in [4.69, 9.17) is 0 Å². The maximum Gasteiger partial charge on any atom is 0.0302 e. The molecule has 0 aliphatic rings. The molecule has 0 bridgehead atoms. The molecule has 0 atom stereocenters. The molecular formula is C12H15NS2. The van der Waals surface area contributed by atoms with E-state index in [-0.39, 0.29) is 0 Å². The third-order valence-electron chi connectivity index (χ3n) is 2.38. The highest BCUT2D eigenvalue weighted by molar-refractivity contribution is 7.10. The molecule has 0 radical (unpaired) electrons. The van der Waals surface area contributed by atoms with Gasteiger partial charge in [0.2, 0.25) is 0 Å². The van der Waals surface area contributed by atoms with Gasteiger partial charge in [-0.1, -0.05) is 6.07 Å². The van der Waals surface area contributed by atoms with Crippen molar-refractivity contribution in [3.8, 4) is 0 Å². The van der Waals surface area contributed by atoms with Gasteiger partial charge >= 0.3 is 0 Å². The molecule has 1 nitrogen and oxygen atoms in total. The van der Waals surface area contributed by atoms with Crippen LogP contribution in [0.2, 0.25) is 0 Å². The Kier molecular flexibility index (Phi) is 3.94. The average Bonchev–Trinajstić information content (AvgIpc) is 2.85. The molecule has 2 aromatic rings. The van der Waals surface area contributed by atoms with Gasteiger partial charge < -0.3 is 5.32 Å². The second-order valence-electron chi connectivity index (χ2n) is 3.53. The Balaban J connectivity index is 1.70. The lowest BCUT2D eigenvalue weighted by Crippen LogP contribution is -2.15. The van der Waals surface area contributed by atoms with Crippen LogP contribution in [-0.2, 0) is 13.0 Å². The van der Waals surface area contributed by atoms with Crippen LogP contribution in [0.4, 0.5) is 0 Å². The Bertz CT molecular complexity index is 389. The first-order chi connectivity index (χ1) is 7.36. The molecule has 0 spiro atoms. The van der Waals surface area contributed by atoms with Gasteiger partial charge in [-0.3, -0.25) is 0 Å². The molecule has 0 aliphatic carbocycles. The lowest BCUT2D eigenvalue weighted by Gasteiger charge is -2.02. The summed E-state index contributed by atoms with van der Waals surface area (Å²) in [7, 11) is 0. The van der Waals surface area contributed by atoms with Crippen molar-refractivity contribution in [1.82, 2.24) is 5.32 Å². The zero-order chi connectivity index (χ0) is 10.5. The number of hydrogen-bond acceptors (Lipinski definition) is 3. The lowest BCUT2D eigenvalue weighted by molar-refractivity contribution is 0.695. The molecule has 15 heavy (non-hydrogen) atoms. The molecule has 0 amide bonds. The molecule has 0 aliphatic heterocycles. The van der Waals surface area contributed by atoms with Gasteiger partial charge in [-0.05, 0) is 41.8 Å². The van der Waals surface area contributed by atoms with Crippen molar-refractivity contribution in [1.29, 1.82) is 0 Å². The lowest BCUT2D eigenvalue weighted by atomic mass is 10.3. The van der Waals surface area contributed by atoms with Gasteiger partial charge in [0.15, 0.2) is 0 Å². The van der Waals surface area contributed by atoms with Crippen LogP contribution >= 0.6 is 22.7 Å². The minimum absolute atomic E-state index is 1.01. The molecule has 3 heteroatoms. The highest BCUT2D eigenvalue weighted by Crippen LogP contribution is 2.15. The quantitative estimate of drug-likeness (QED) is 0.785. The van der Waals surface area contributed by atoms with Crippen molar-refractivity contribution in [2.75, 3.05) is 6.54 Å². The summed E-state index contributed by atoms with van der Waals surface area (Å²) in [6, 6.07) is 6.49. The van der Waals surface area contributed by atoms with Gasteiger partial charge in [0.05, 0.1) is 0 Å². The Morgan fingerprint density at radius 3 is 2.80 bits per heavy atom. The van der Waals surface area contributed by atoms with Crippen molar-refractivity contribution in [3.63, 3.8) is 0 Å². The van der Waals surface area contributed by atoms with Crippen molar-refractivity contribution in [2.45, 2.75) is 19.9 Å². The van der Waals surface area contributed by atoms with Gasteiger partial charge in [0.25, 0.3) is 0 Å². The van der Waals surface area contributed by atoms with E-state index in [1.165, 1.54) is 15.3 Å². The highest BCUT2D eigenvalue weighted by Gasteiger charge is 1.98. The SMILES string of the molecule is Cc1ccsc1CNCCc1cccs1. The van der Waals surface area contributed by atoms with Gasteiger partial charge in [-0.2, -0.15) is 0 Å². The summed E-state index contributed by atoms with van der Waals surface area (Å²) in [6.45, 7) is 4.25. The van der Waals surface area contributed by atoms with E-state index in [1.807, 2.05) is 22.7 Å². The number of thiophene rings is 2. The summed E-state index contributed by atoms with van der Waals surface area (Å²) >= 11 is 3.67. The van der Waals surface area contributed by atoms with Crippen molar-refractivity contribution in [3.05, 3.63) is 44.3 Å². The monoisotopic (exact) mass is 237 g/mol. The van der Waals surface area contributed by atoms with E-state index in [0.717, 1.165) is 19.5 Å². The van der Waals surface area contributed by atoms with E-state index in [9.17, 15) is 0 Å². The summed E-state index contributed by atoms with van der Waals surface area (Å²) in [4.78, 5) is 2.92. The molecule has 2 heterocycles. The predicted molar refractivity (Wildman–Crippen MR) is 68.8 cm³/mol. The normalized spacial score (nSPS) is 10.7. The third kappa shape index (κ3) is 3.16. The average molecular weight is 237 g/mol. The second-order valence-corrected chi connectivity index (χ2v) is 5.57. The molecular weight excluding hydrogens is 222 g/mol. The topological polar surface area (TPSA) is 12.0 Å². The number of rotatable bonds is 5. The summed E-state index contributed by atoms with van der Waals surface area (Å²) in [5, 5.41) is 7.78. The van der Waals surface area contributed by atoms with Crippen LogP contribution in [-0.4, -0.2) is 6.54 Å². The zero-order valence-electron chi connectivity index (χ0n) is 8.82. The highest BCUT2D eigenvalue weighted by atomic mass is 32.1. The largest absolute Gasteiger partial charge is 0.311 e. The maximum atomic E-state index is 3.48. The van der Waals surface area contributed by atoms with E-state index >= 15 is 0 Å². The predicted octanol–water partition coefficient (Wildman–Crippen LogP) is 3.45. The first-order valence-corrected chi connectivity index (χ1v) is 6.88. The first-order valence-electron chi connectivity index (χ1n) is 5.12. The summed E-state index contributed by atoms with van der Waals surface area (Å²) < 4.78 is 0. The summed E-state index contributed by atoms with van der Waals surface area (Å²) in [6.07, 6.45) is 1.14. The maximum absolute atomic E-state index is 3.48. The van der Waals surface area contributed by atoms with E-state index in [2.05, 4.69) is 41.2 Å². The van der Waals surface area contributed by atoms with Crippen LogP contribution < -0.4 is 5.32 Å². The molecule has 0 saturated carbocycles. The third-order valence-corrected chi connectivity index (χ3v) is 4.34. The molecule has 2 aromatic heterocycles. The van der Waals surface area contributed by atoms with E-state index in [1.54, 1.807) is 0 Å². The molecule has 2 rings (SSSR count). The molecule has 0 unspecified atom stereocenters. The number of aryl methyl sites for hydroxylation is 1. The standard InChI is InChI=1S/C12H15NS2/c1-10-5-8-15-12(10)9-13-6-4-11-3-2-7-14-11/h2-3,5,7-8,13H,4,6,9H2,1H3. The van der Waals surface area contributed by atoms with E-state index < -0.39 is 0 Å². The van der Waals surface area contributed by atoms with Gasteiger partial charge in [0, 0.05) is 22.8 Å². The van der Waals surface area contributed by atoms with Crippen LogP contribution in [0.1, 0.15) is 15.3 Å². The van der Waals surface area contributed by atoms with Crippen LogP contribution in [0.25, 0.3) is 0 Å². The summed E-state index contributed by atoms with van der Waals surface area (Å²) in [5.41, 5.74) is 1.41. The Morgan fingerprint density at radius 1 is 1.20 bits per heavy atom. The van der Waals surface area contributed by atoms with E-state index in [0.29, 0.717) is 0 Å².